The zero-order chi connectivity index (χ0) is 14.4. The minimum atomic E-state index is -0.413. The molecular weight excluding hydrogens is 243 g/mol. The van der Waals surface area contributed by atoms with Gasteiger partial charge in [-0.1, -0.05) is 18.8 Å². The highest BCUT2D eigenvalue weighted by molar-refractivity contribution is 5.96. The van der Waals surface area contributed by atoms with Crippen LogP contribution in [0.5, 0.6) is 0 Å². The highest BCUT2D eigenvalue weighted by Crippen LogP contribution is 2.14. The number of carbonyl (C=O) groups excluding carboxylic acids is 1. The van der Waals surface area contributed by atoms with Crippen LogP contribution >= 0.6 is 0 Å². The van der Waals surface area contributed by atoms with Crippen LogP contribution in [0, 0.1) is 17.7 Å². The van der Waals surface area contributed by atoms with Crippen LogP contribution in [0.2, 0.25) is 0 Å². The van der Waals surface area contributed by atoms with Crippen molar-refractivity contribution in [2.24, 2.45) is 5.73 Å². The summed E-state index contributed by atoms with van der Waals surface area (Å²) in [7, 11) is 1.74. The molecule has 0 spiro atoms. The number of halogens is 1. The molecule has 0 saturated carbocycles. The van der Waals surface area contributed by atoms with E-state index in [1.165, 1.54) is 18.2 Å². The second-order valence-corrected chi connectivity index (χ2v) is 4.37. The Morgan fingerprint density at radius 2 is 2.21 bits per heavy atom. The second kappa shape index (κ2) is 6.91. The third-order valence-corrected chi connectivity index (χ3v) is 3.11. The lowest BCUT2D eigenvalue weighted by molar-refractivity contribution is 0.0740. The van der Waals surface area contributed by atoms with Crippen molar-refractivity contribution in [1.82, 2.24) is 4.90 Å². The zero-order valence-electron chi connectivity index (χ0n) is 11.5. The van der Waals surface area contributed by atoms with Gasteiger partial charge in [0.2, 0.25) is 0 Å². The number of amides is 1. The van der Waals surface area contributed by atoms with E-state index in [0.29, 0.717) is 11.1 Å². The predicted molar refractivity (Wildman–Crippen MR) is 74.2 cm³/mol. The molecule has 0 heterocycles. The van der Waals surface area contributed by atoms with Crippen molar-refractivity contribution in [1.29, 1.82) is 0 Å². The summed E-state index contributed by atoms with van der Waals surface area (Å²) in [5.41, 5.74) is 6.10. The van der Waals surface area contributed by atoms with Gasteiger partial charge < -0.3 is 10.6 Å². The summed E-state index contributed by atoms with van der Waals surface area (Å²) in [5, 5.41) is 0. The Morgan fingerprint density at radius 3 is 2.79 bits per heavy atom. The summed E-state index contributed by atoms with van der Waals surface area (Å²) in [5.74, 6) is 4.82. The van der Waals surface area contributed by atoms with Gasteiger partial charge in [-0.3, -0.25) is 4.79 Å². The Kier molecular flexibility index (Phi) is 5.53. The zero-order valence-corrected chi connectivity index (χ0v) is 11.5. The van der Waals surface area contributed by atoms with Gasteiger partial charge in [-0.15, -0.1) is 0 Å². The molecule has 1 unspecified atom stereocenters. The van der Waals surface area contributed by atoms with Crippen molar-refractivity contribution in [3.63, 3.8) is 0 Å². The minimum Gasteiger partial charge on any atom is -0.339 e. The van der Waals surface area contributed by atoms with E-state index in [1.807, 2.05) is 13.8 Å². The first-order chi connectivity index (χ1) is 9.01. The SMILES string of the molecule is CCC(C)N(C)C(=O)c1ccc(F)cc1C#CCN. The largest absolute Gasteiger partial charge is 0.339 e. The Balaban J connectivity index is 3.15. The van der Waals surface area contributed by atoms with Crippen LogP contribution < -0.4 is 5.73 Å². The summed E-state index contributed by atoms with van der Waals surface area (Å²) in [6, 6.07) is 4.12. The Labute approximate surface area is 113 Å². The van der Waals surface area contributed by atoms with Crippen molar-refractivity contribution in [3.05, 3.63) is 35.1 Å². The summed E-state index contributed by atoms with van der Waals surface area (Å²) >= 11 is 0. The second-order valence-electron chi connectivity index (χ2n) is 4.37. The number of nitrogens with two attached hydrogens (primary N) is 1. The lowest BCUT2D eigenvalue weighted by atomic mass is 10.1. The molecule has 0 saturated heterocycles. The molecule has 1 atom stereocenters. The topological polar surface area (TPSA) is 46.3 Å². The van der Waals surface area contributed by atoms with E-state index >= 15 is 0 Å². The molecule has 4 heteroatoms. The first-order valence-electron chi connectivity index (χ1n) is 6.26. The maximum absolute atomic E-state index is 13.2. The Morgan fingerprint density at radius 1 is 1.53 bits per heavy atom. The maximum Gasteiger partial charge on any atom is 0.255 e. The normalized spacial score (nSPS) is 11.4. The van der Waals surface area contributed by atoms with Crippen molar-refractivity contribution >= 4 is 5.91 Å². The summed E-state index contributed by atoms with van der Waals surface area (Å²) in [6.45, 7) is 4.15. The summed E-state index contributed by atoms with van der Waals surface area (Å²) in [6.07, 6.45) is 0.854. The number of carbonyl (C=O) groups is 1. The van der Waals surface area contributed by atoms with Gasteiger partial charge in [-0.05, 0) is 31.5 Å². The molecule has 1 amide bonds. The fourth-order valence-corrected chi connectivity index (χ4v) is 1.62. The maximum atomic E-state index is 13.2. The molecule has 1 rings (SSSR count). The number of nitrogens with zero attached hydrogens (tertiary/aromatic N) is 1. The molecule has 2 N–H and O–H groups in total. The third kappa shape index (κ3) is 3.80. The summed E-state index contributed by atoms with van der Waals surface area (Å²) in [4.78, 5) is 14.0. The van der Waals surface area contributed by atoms with E-state index < -0.39 is 5.82 Å². The van der Waals surface area contributed by atoms with Crippen LogP contribution in [0.3, 0.4) is 0 Å². The molecule has 0 aliphatic heterocycles. The van der Waals surface area contributed by atoms with Gasteiger partial charge in [-0.2, -0.15) is 0 Å². The molecule has 0 aliphatic carbocycles. The first kappa shape index (κ1) is 15.2. The summed E-state index contributed by atoms with van der Waals surface area (Å²) < 4.78 is 13.2. The smallest absolute Gasteiger partial charge is 0.255 e. The molecule has 0 aliphatic rings. The lowest BCUT2D eigenvalue weighted by Gasteiger charge is -2.24. The molecule has 0 fully saturated rings. The molecular formula is C15H19FN2O. The quantitative estimate of drug-likeness (QED) is 0.847. The number of rotatable bonds is 3. The van der Waals surface area contributed by atoms with Gasteiger partial charge in [0.25, 0.3) is 5.91 Å². The standard InChI is InChI=1S/C15H19FN2O/c1-4-11(2)18(3)15(19)14-8-7-13(16)10-12(14)6-5-9-17/h7-8,10-11H,4,9,17H2,1-3H3. The van der Waals surface area contributed by atoms with Crippen molar-refractivity contribution in [3.8, 4) is 11.8 Å². The van der Waals surface area contributed by atoms with Gasteiger partial charge in [0.1, 0.15) is 5.82 Å². The Hall–Kier alpha value is -1.86. The van der Waals surface area contributed by atoms with Gasteiger partial charge in [0.15, 0.2) is 0 Å². The van der Waals surface area contributed by atoms with E-state index in [9.17, 15) is 9.18 Å². The van der Waals surface area contributed by atoms with Gasteiger partial charge in [-0.25, -0.2) is 4.39 Å². The van der Waals surface area contributed by atoms with Crippen LogP contribution in [0.4, 0.5) is 4.39 Å². The van der Waals surface area contributed by atoms with Crippen molar-refractivity contribution in [2.75, 3.05) is 13.6 Å². The molecule has 0 radical (unpaired) electrons. The van der Waals surface area contributed by atoms with Crippen LogP contribution in [0.1, 0.15) is 36.2 Å². The highest BCUT2D eigenvalue weighted by atomic mass is 19.1. The molecule has 0 bridgehead atoms. The molecule has 1 aromatic carbocycles. The van der Waals surface area contributed by atoms with Crippen molar-refractivity contribution < 1.29 is 9.18 Å². The van der Waals surface area contributed by atoms with Gasteiger partial charge in [0, 0.05) is 18.7 Å². The molecule has 1 aromatic rings. The van der Waals surface area contributed by atoms with Gasteiger partial charge >= 0.3 is 0 Å². The molecule has 102 valence electrons. The fraction of sp³-hybridized carbons (Fsp3) is 0.400. The van der Waals surface area contributed by atoms with E-state index in [0.717, 1.165) is 6.42 Å². The van der Waals surface area contributed by atoms with Crippen molar-refractivity contribution in [2.45, 2.75) is 26.3 Å². The van der Waals surface area contributed by atoms with E-state index in [2.05, 4.69) is 11.8 Å². The highest BCUT2D eigenvalue weighted by Gasteiger charge is 2.18. The van der Waals surface area contributed by atoms with E-state index in [-0.39, 0.29) is 18.5 Å². The first-order valence-corrected chi connectivity index (χ1v) is 6.26. The molecule has 0 aromatic heterocycles. The minimum absolute atomic E-state index is 0.118. The number of benzene rings is 1. The third-order valence-electron chi connectivity index (χ3n) is 3.11. The molecule has 19 heavy (non-hydrogen) atoms. The average molecular weight is 262 g/mol. The van der Waals surface area contributed by atoms with Crippen LogP contribution in [0.25, 0.3) is 0 Å². The lowest BCUT2D eigenvalue weighted by Crippen LogP contribution is -2.35. The Bertz CT molecular complexity index is 517. The number of hydrogen-bond acceptors (Lipinski definition) is 2. The number of hydrogen-bond donors (Lipinski definition) is 1. The van der Waals surface area contributed by atoms with Crippen LogP contribution in [-0.4, -0.2) is 30.4 Å². The fourth-order valence-electron chi connectivity index (χ4n) is 1.62. The predicted octanol–water partition coefficient (Wildman–Crippen LogP) is 2.01. The molecule has 3 nitrogen and oxygen atoms in total. The average Bonchev–Trinajstić information content (AvgIpc) is 2.42. The van der Waals surface area contributed by atoms with E-state index in [4.69, 9.17) is 5.73 Å². The monoisotopic (exact) mass is 262 g/mol. The van der Waals surface area contributed by atoms with Crippen LogP contribution in [-0.2, 0) is 0 Å². The van der Waals surface area contributed by atoms with E-state index in [1.54, 1.807) is 11.9 Å². The van der Waals surface area contributed by atoms with Crippen LogP contribution in [0.15, 0.2) is 18.2 Å². The van der Waals surface area contributed by atoms with Gasteiger partial charge in [0.05, 0.1) is 12.1 Å².